The number of hydrogen-bond donors (Lipinski definition) is 0. The van der Waals surface area contributed by atoms with Crippen molar-refractivity contribution >= 4 is 23.7 Å². The van der Waals surface area contributed by atoms with E-state index in [1.165, 1.54) is 24.6 Å². The fraction of sp³-hybridized carbons (Fsp3) is 0.238. The molecule has 0 amide bonds. The molecular weight excluding hydrogens is 344 g/mol. The van der Waals surface area contributed by atoms with Gasteiger partial charge in [0.05, 0.1) is 18.5 Å². The van der Waals surface area contributed by atoms with E-state index in [-0.39, 0.29) is 0 Å². The van der Waals surface area contributed by atoms with Crippen LogP contribution in [-0.2, 0) is 0 Å². The van der Waals surface area contributed by atoms with Crippen LogP contribution in [0.4, 0.5) is 5.69 Å². The van der Waals surface area contributed by atoms with E-state index in [1.54, 1.807) is 12.4 Å². The Bertz CT molecular complexity index is 814. The van der Waals surface area contributed by atoms with Gasteiger partial charge in [0.15, 0.2) is 5.09 Å². The first-order valence-electron chi connectivity index (χ1n) is 8.79. The molecule has 5 heteroatoms. The Hall–Kier alpha value is -2.53. The van der Waals surface area contributed by atoms with E-state index in [0.717, 1.165) is 34.6 Å². The zero-order valence-corrected chi connectivity index (χ0v) is 15.6. The molecule has 0 unspecified atom stereocenters. The molecule has 1 aromatic carbocycles. The highest BCUT2D eigenvalue weighted by Gasteiger charge is 2.03. The maximum Gasteiger partial charge on any atom is 0.167 e. The minimum atomic E-state index is 0.711. The number of nitrogens with zero attached hydrogens (tertiary/aromatic N) is 2. The topological polar surface area (TPSA) is 47.6 Å². The molecule has 2 heterocycles. The summed E-state index contributed by atoms with van der Waals surface area (Å²) in [5, 5.41) is 1.70. The smallest absolute Gasteiger partial charge is 0.167 e. The van der Waals surface area contributed by atoms with Crippen molar-refractivity contribution < 1.29 is 9.15 Å². The van der Waals surface area contributed by atoms with Gasteiger partial charge in [-0.1, -0.05) is 25.8 Å². The van der Waals surface area contributed by atoms with Crippen LogP contribution >= 0.6 is 11.8 Å². The number of ether oxygens (including phenoxy) is 1. The highest BCUT2D eigenvalue weighted by molar-refractivity contribution is 7.99. The summed E-state index contributed by atoms with van der Waals surface area (Å²) >= 11 is 1.49. The Morgan fingerprint density at radius 2 is 1.96 bits per heavy atom. The molecule has 0 aliphatic heterocycles. The van der Waals surface area contributed by atoms with Crippen LogP contribution in [0.3, 0.4) is 0 Å². The summed E-state index contributed by atoms with van der Waals surface area (Å²) in [7, 11) is 0. The Kier molecular flexibility index (Phi) is 6.90. The number of hydrogen-bond acceptors (Lipinski definition) is 5. The maximum atomic E-state index is 5.76. The van der Waals surface area contributed by atoms with E-state index in [4.69, 9.17) is 9.15 Å². The molecule has 3 aromatic rings. The largest absolute Gasteiger partial charge is 0.494 e. The van der Waals surface area contributed by atoms with Gasteiger partial charge in [-0.15, -0.1) is 0 Å². The highest BCUT2D eigenvalue weighted by atomic mass is 32.2. The molecule has 0 saturated carbocycles. The lowest BCUT2D eigenvalue weighted by atomic mass is 10.2. The van der Waals surface area contributed by atoms with Crippen LogP contribution < -0.4 is 4.74 Å². The van der Waals surface area contributed by atoms with Gasteiger partial charge in [-0.05, 0) is 66.7 Å². The number of aliphatic imine (C=N–C) groups is 1. The maximum absolute atomic E-state index is 5.76. The van der Waals surface area contributed by atoms with Gasteiger partial charge in [0, 0.05) is 6.20 Å². The standard InChI is InChI=1S/C21H22N2O2S/c1-2-3-6-15-24-18-10-8-17(9-11-18)23-16-19-12-13-21(25-19)26-20-7-4-5-14-22-20/h4-5,7-14,16H,2-3,6,15H2,1H3. The van der Waals surface area contributed by atoms with E-state index in [0.29, 0.717) is 5.76 Å². The van der Waals surface area contributed by atoms with Gasteiger partial charge in [0.2, 0.25) is 0 Å². The van der Waals surface area contributed by atoms with Crippen LogP contribution in [0.2, 0.25) is 0 Å². The van der Waals surface area contributed by atoms with E-state index >= 15 is 0 Å². The monoisotopic (exact) mass is 366 g/mol. The van der Waals surface area contributed by atoms with Crippen molar-refractivity contribution in [1.82, 2.24) is 4.98 Å². The predicted molar refractivity (Wildman–Crippen MR) is 106 cm³/mol. The van der Waals surface area contributed by atoms with Gasteiger partial charge in [-0.2, -0.15) is 0 Å². The summed E-state index contributed by atoms with van der Waals surface area (Å²) in [4.78, 5) is 8.72. The SMILES string of the molecule is CCCCCOc1ccc(N=Cc2ccc(Sc3ccccn3)o2)cc1. The molecule has 0 radical (unpaired) electrons. The highest BCUT2D eigenvalue weighted by Crippen LogP contribution is 2.27. The fourth-order valence-electron chi connectivity index (χ4n) is 2.28. The second-order valence-electron chi connectivity index (χ2n) is 5.73. The van der Waals surface area contributed by atoms with E-state index in [9.17, 15) is 0 Å². The minimum absolute atomic E-state index is 0.711. The summed E-state index contributed by atoms with van der Waals surface area (Å²) < 4.78 is 11.5. The van der Waals surface area contributed by atoms with Gasteiger partial charge in [0.1, 0.15) is 16.5 Å². The van der Waals surface area contributed by atoms with Crippen molar-refractivity contribution in [2.75, 3.05) is 6.61 Å². The van der Waals surface area contributed by atoms with Crippen molar-refractivity contribution in [3.05, 3.63) is 66.6 Å². The molecule has 3 rings (SSSR count). The normalized spacial score (nSPS) is 11.1. The van der Waals surface area contributed by atoms with Crippen molar-refractivity contribution in [3.8, 4) is 5.75 Å². The van der Waals surface area contributed by atoms with Crippen molar-refractivity contribution in [2.24, 2.45) is 4.99 Å². The Labute approximate surface area is 158 Å². The number of rotatable bonds is 9. The number of furan rings is 1. The third-order valence-corrected chi connectivity index (χ3v) is 4.51. The van der Waals surface area contributed by atoms with E-state index in [1.807, 2.05) is 54.6 Å². The fourth-order valence-corrected chi connectivity index (χ4v) is 3.02. The molecule has 0 atom stereocenters. The lowest BCUT2D eigenvalue weighted by Crippen LogP contribution is -1.96. The molecule has 26 heavy (non-hydrogen) atoms. The Balaban J connectivity index is 1.53. The molecule has 0 bridgehead atoms. The van der Waals surface area contributed by atoms with Crippen LogP contribution in [0.25, 0.3) is 0 Å². The van der Waals surface area contributed by atoms with Crippen molar-refractivity contribution in [2.45, 2.75) is 36.3 Å². The molecule has 0 aliphatic rings. The van der Waals surface area contributed by atoms with Gasteiger partial charge >= 0.3 is 0 Å². The van der Waals surface area contributed by atoms with E-state index < -0.39 is 0 Å². The third-order valence-electron chi connectivity index (χ3n) is 3.64. The average molecular weight is 366 g/mol. The molecule has 134 valence electrons. The summed E-state index contributed by atoms with van der Waals surface area (Å²) in [6, 6.07) is 17.4. The summed E-state index contributed by atoms with van der Waals surface area (Å²) in [6.45, 7) is 2.95. The number of aromatic nitrogens is 1. The molecule has 0 aliphatic carbocycles. The number of pyridine rings is 1. The number of benzene rings is 1. The van der Waals surface area contributed by atoms with Gasteiger partial charge in [-0.3, -0.25) is 4.99 Å². The molecular formula is C21H22N2O2S. The quantitative estimate of drug-likeness (QED) is 0.337. The molecule has 2 aromatic heterocycles. The zero-order chi connectivity index (χ0) is 18.0. The molecule has 0 saturated heterocycles. The summed E-state index contributed by atoms with van der Waals surface area (Å²) in [5.74, 6) is 1.59. The van der Waals surface area contributed by atoms with Crippen molar-refractivity contribution in [1.29, 1.82) is 0 Å². The van der Waals surface area contributed by atoms with Crippen molar-refractivity contribution in [3.63, 3.8) is 0 Å². The second kappa shape index (κ2) is 9.82. The predicted octanol–water partition coefficient (Wildman–Crippen LogP) is 6.15. The van der Waals surface area contributed by atoms with E-state index in [2.05, 4.69) is 16.9 Å². The average Bonchev–Trinajstić information content (AvgIpc) is 3.13. The summed E-state index contributed by atoms with van der Waals surface area (Å²) in [5.41, 5.74) is 0.862. The van der Waals surface area contributed by atoms with Crippen LogP contribution in [-0.4, -0.2) is 17.8 Å². The second-order valence-corrected chi connectivity index (χ2v) is 6.76. The zero-order valence-electron chi connectivity index (χ0n) is 14.8. The first kappa shape index (κ1) is 18.3. The molecule has 0 spiro atoms. The molecule has 4 nitrogen and oxygen atoms in total. The van der Waals surface area contributed by atoms with Crippen LogP contribution in [0.5, 0.6) is 5.75 Å². The van der Waals surface area contributed by atoms with Gasteiger partial charge in [0.25, 0.3) is 0 Å². The van der Waals surface area contributed by atoms with Crippen LogP contribution in [0.1, 0.15) is 31.9 Å². The molecule has 0 fully saturated rings. The van der Waals surface area contributed by atoms with Gasteiger partial charge in [-0.25, -0.2) is 4.98 Å². The summed E-state index contributed by atoms with van der Waals surface area (Å²) in [6.07, 6.45) is 6.98. The molecule has 0 N–H and O–H groups in total. The van der Waals surface area contributed by atoms with Gasteiger partial charge < -0.3 is 9.15 Å². The van der Waals surface area contributed by atoms with Crippen LogP contribution in [0.15, 0.2) is 80.3 Å². The lowest BCUT2D eigenvalue weighted by molar-refractivity contribution is 0.306. The van der Waals surface area contributed by atoms with Crippen LogP contribution in [0, 0.1) is 0 Å². The Morgan fingerprint density at radius 3 is 2.73 bits per heavy atom. The lowest BCUT2D eigenvalue weighted by Gasteiger charge is -2.05. The first-order valence-corrected chi connectivity index (χ1v) is 9.61. The third kappa shape index (κ3) is 5.77. The number of unbranched alkanes of at least 4 members (excludes halogenated alkanes) is 2. The first-order chi connectivity index (χ1) is 12.8. The Morgan fingerprint density at radius 1 is 1.08 bits per heavy atom. The minimum Gasteiger partial charge on any atom is -0.494 e.